The van der Waals surface area contributed by atoms with Crippen molar-refractivity contribution in [3.63, 3.8) is 0 Å². The van der Waals surface area contributed by atoms with E-state index in [2.05, 4.69) is 6.58 Å². The zero-order chi connectivity index (χ0) is 8.43. The first-order valence-electron chi connectivity index (χ1n) is 3.37. The van der Waals surface area contributed by atoms with Gasteiger partial charge in [0.25, 0.3) is 0 Å². The van der Waals surface area contributed by atoms with Crippen LogP contribution in [0.15, 0.2) is 24.0 Å². The SMILES string of the molecule is C=CCC1=C(O)C(=O)CC1Cl. The standard InChI is InChI=1S/C8H9ClO2/c1-2-3-5-6(9)4-7(10)8(5)11/h2,6,11H,1,3-4H2. The van der Waals surface area contributed by atoms with E-state index in [0.717, 1.165) is 0 Å². The summed E-state index contributed by atoms with van der Waals surface area (Å²) in [6, 6.07) is 0. The molecule has 1 aliphatic rings. The molecule has 60 valence electrons. The number of aliphatic hydroxyl groups is 1. The predicted octanol–water partition coefficient (Wildman–Crippen LogP) is 1.95. The Morgan fingerprint density at radius 2 is 2.45 bits per heavy atom. The summed E-state index contributed by atoms with van der Waals surface area (Å²) in [6.45, 7) is 3.50. The number of carbonyl (C=O) groups excluding carboxylic acids is 1. The van der Waals surface area contributed by atoms with Gasteiger partial charge in [-0.15, -0.1) is 18.2 Å². The maximum Gasteiger partial charge on any atom is 0.198 e. The largest absolute Gasteiger partial charge is 0.504 e. The van der Waals surface area contributed by atoms with Crippen molar-refractivity contribution in [1.82, 2.24) is 0 Å². The van der Waals surface area contributed by atoms with Crippen LogP contribution in [-0.4, -0.2) is 16.3 Å². The third-order valence-corrected chi connectivity index (χ3v) is 2.09. The fourth-order valence-electron chi connectivity index (χ4n) is 1.09. The normalized spacial score (nSPS) is 24.5. The zero-order valence-corrected chi connectivity index (χ0v) is 6.77. The lowest BCUT2D eigenvalue weighted by Gasteiger charge is -2.00. The van der Waals surface area contributed by atoms with Crippen LogP contribution < -0.4 is 0 Å². The summed E-state index contributed by atoms with van der Waals surface area (Å²) in [5.74, 6) is -0.424. The van der Waals surface area contributed by atoms with Crippen LogP contribution >= 0.6 is 11.6 Å². The monoisotopic (exact) mass is 172 g/mol. The number of rotatable bonds is 2. The molecule has 0 saturated carbocycles. The molecule has 0 heterocycles. The van der Waals surface area contributed by atoms with Crippen LogP contribution in [0.25, 0.3) is 0 Å². The maximum atomic E-state index is 10.8. The summed E-state index contributed by atoms with van der Waals surface area (Å²) in [7, 11) is 0. The highest BCUT2D eigenvalue weighted by Crippen LogP contribution is 2.28. The molecule has 0 saturated heterocycles. The number of allylic oxidation sites excluding steroid dienone is 3. The summed E-state index contributed by atoms with van der Waals surface area (Å²) in [6.07, 6.45) is 2.34. The van der Waals surface area contributed by atoms with Crippen molar-refractivity contribution in [3.8, 4) is 0 Å². The molecule has 0 spiro atoms. The van der Waals surface area contributed by atoms with Gasteiger partial charge in [-0.1, -0.05) is 6.08 Å². The molecule has 3 heteroatoms. The van der Waals surface area contributed by atoms with Crippen molar-refractivity contribution in [2.75, 3.05) is 0 Å². The molecule has 0 aromatic rings. The van der Waals surface area contributed by atoms with Crippen LogP contribution in [0.1, 0.15) is 12.8 Å². The van der Waals surface area contributed by atoms with Gasteiger partial charge in [0.15, 0.2) is 11.5 Å². The molecule has 11 heavy (non-hydrogen) atoms. The molecule has 1 rings (SSSR count). The number of hydrogen-bond donors (Lipinski definition) is 1. The molecule has 0 aromatic heterocycles. The van der Waals surface area contributed by atoms with E-state index in [1.807, 2.05) is 0 Å². The summed E-state index contributed by atoms with van der Waals surface area (Å²) < 4.78 is 0. The lowest BCUT2D eigenvalue weighted by atomic mass is 10.1. The Balaban J connectivity index is 2.86. The maximum absolute atomic E-state index is 10.8. The third-order valence-electron chi connectivity index (χ3n) is 1.68. The van der Waals surface area contributed by atoms with Crippen molar-refractivity contribution >= 4 is 17.4 Å². The Kier molecular flexibility index (Phi) is 2.35. The number of hydrogen-bond acceptors (Lipinski definition) is 2. The highest BCUT2D eigenvalue weighted by atomic mass is 35.5. The number of alkyl halides is 1. The van der Waals surface area contributed by atoms with E-state index in [0.29, 0.717) is 12.0 Å². The van der Waals surface area contributed by atoms with Gasteiger partial charge in [0.2, 0.25) is 0 Å². The van der Waals surface area contributed by atoms with Crippen molar-refractivity contribution in [2.45, 2.75) is 18.2 Å². The Hall–Kier alpha value is -0.760. The molecule has 1 aliphatic carbocycles. The molecule has 1 atom stereocenters. The van der Waals surface area contributed by atoms with Crippen LogP contribution in [0.5, 0.6) is 0 Å². The summed E-state index contributed by atoms with van der Waals surface area (Å²) in [5.41, 5.74) is 0.603. The van der Waals surface area contributed by atoms with Gasteiger partial charge in [-0.3, -0.25) is 4.79 Å². The van der Waals surface area contributed by atoms with Crippen LogP contribution in [0.2, 0.25) is 0 Å². The molecule has 1 N–H and O–H groups in total. The van der Waals surface area contributed by atoms with E-state index < -0.39 is 0 Å². The van der Waals surface area contributed by atoms with Crippen LogP contribution in [0.4, 0.5) is 0 Å². The number of halogens is 1. The molecule has 0 radical (unpaired) electrons. The second kappa shape index (κ2) is 3.09. The van der Waals surface area contributed by atoms with E-state index in [1.165, 1.54) is 0 Å². The minimum atomic E-state index is -0.333. The van der Waals surface area contributed by atoms with E-state index in [9.17, 15) is 4.79 Å². The van der Waals surface area contributed by atoms with E-state index >= 15 is 0 Å². The Labute approximate surface area is 70.2 Å². The molecule has 0 fully saturated rings. The van der Waals surface area contributed by atoms with Crippen LogP contribution in [0.3, 0.4) is 0 Å². The molecule has 0 amide bonds. The van der Waals surface area contributed by atoms with Crippen molar-refractivity contribution in [1.29, 1.82) is 0 Å². The second-order valence-electron chi connectivity index (χ2n) is 2.46. The summed E-state index contributed by atoms with van der Waals surface area (Å²) >= 11 is 5.76. The first-order valence-corrected chi connectivity index (χ1v) is 3.80. The highest BCUT2D eigenvalue weighted by molar-refractivity contribution is 6.26. The summed E-state index contributed by atoms with van der Waals surface area (Å²) in [4.78, 5) is 10.8. The number of aliphatic hydroxyl groups excluding tert-OH is 1. The van der Waals surface area contributed by atoms with E-state index in [1.54, 1.807) is 6.08 Å². The van der Waals surface area contributed by atoms with Gasteiger partial charge in [-0.05, 0) is 12.0 Å². The molecule has 2 nitrogen and oxygen atoms in total. The van der Waals surface area contributed by atoms with Gasteiger partial charge in [-0.25, -0.2) is 0 Å². The molecule has 0 aliphatic heterocycles. The lowest BCUT2D eigenvalue weighted by molar-refractivity contribution is -0.117. The third kappa shape index (κ3) is 1.46. The van der Waals surface area contributed by atoms with Crippen LogP contribution in [-0.2, 0) is 4.79 Å². The fourth-order valence-corrected chi connectivity index (χ4v) is 1.42. The summed E-state index contributed by atoms with van der Waals surface area (Å²) in [5, 5.41) is 8.82. The number of carbonyl (C=O) groups is 1. The van der Waals surface area contributed by atoms with E-state index in [-0.39, 0.29) is 23.3 Å². The van der Waals surface area contributed by atoms with Crippen molar-refractivity contribution in [2.24, 2.45) is 0 Å². The molecular formula is C8H9ClO2. The Morgan fingerprint density at radius 3 is 2.82 bits per heavy atom. The van der Waals surface area contributed by atoms with Gasteiger partial charge in [0.1, 0.15) is 0 Å². The smallest absolute Gasteiger partial charge is 0.198 e. The fraction of sp³-hybridized carbons (Fsp3) is 0.375. The minimum absolute atomic E-state index is 0.162. The number of ketones is 1. The quantitative estimate of drug-likeness (QED) is 0.511. The average Bonchev–Trinajstić information content (AvgIpc) is 2.17. The topological polar surface area (TPSA) is 37.3 Å². The first kappa shape index (κ1) is 8.34. The number of Topliss-reactive ketones (excluding diaryl/α,β-unsaturated/α-hetero) is 1. The zero-order valence-electron chi connectivity index (χ0n) is 6.01. The predicted molar refractivity (Wildman–Crippen MR) is 43.7 cm³/mol. The van der Waals surface area contributed by atoms with Crippen molar-refractivity contribution < 1.29 is 9.90 Å². The van der Waals surface area contributed by atoms with E-state index in [4.69, 9.17) is 16.7 Å². The average molecular weight is 173 g/mol. The molecule has 1 unspecified atom stereocenters. The molecule has 0 bridgehead atoms. The first-order chi connectivity index (χ1) is 5.16. The van der Waals surface area contributed by atoms with Gasteiger partial charge < -0.3 is 5.11 Å². The Morgan fingerprint density at radius 1 is 1.82 bits per heavy atom. The second-order valence-corrected chi connectivity index (χ2v) is 2.99. The highest BCUT2D eigenvalue weighted by Gasteiger charge is 2.29. The Bertz CT molecular complexity index is 230. The lowest BCUT2D eigenvalue weighted by Crippen LogP contribution is -1.97. The van der Waals surface area contributed by atoms with Gasteiger partial charge in [-0.2, -0.15) is 0 Å². The minimum Gasteiger partial charge on any atom is -0.504 e. The van der Waals surface area contributed by atoms with Gasteiger partial charge in [0, 0.05) is 6.42 Å². The van der Waals surface area contributed by atoms with Gasteiger partial charge >= 0.3 is 0 Å². The van der Waals surface area contributed by atoms with Crippen LogP contribution in [0, 0.1) is 0 Å². The molecule has 0 aromatic carbocycles. The van der Waals surface area contributed by atoms with Gasteiger partial charge in [0.05, 0.1) is 5.38 Å². The molecular weight excluding hydrogens is 164 g/mol. The van der Waals surface area contributed by atoms with Crippen molar-refractivity contribution in [3.05, 3.63) is 24.0 Å².